The SMILES string of the molecule is COCC(CO)NCc1ccc(C(=O)OC)cn1. The summed E-state index contributed by atoms with van der Waals surface area (Å²) < 4.78 is 9.52. The minimum absolute atomic E-state index is 0.00587. The number of hydrogen-bond acceptors (Lipinski definition) is 6. The Morgan fingerprint density at radius 1 is 1.50 bits per heavy atom. The van der Waals surface area contributed by atoms with Crippen LogP contribution in [0.2, 0.25) is 0 Å². The Hall–Kier alpha value is -1.50. The predicted octanol–water partition coefficient (Wildman–Crippen LogP) is -0.0349. The molecule has 0 saturated carbocycles. The number of rotatable bonds is 7. The number of aromatic nitrogens is 1. The third-order valence-corrected chi connectivity index (χ3v) is 2.41. The smallest absolute Gasteiger partial charge is 0.339 e. The van der Waals surface area contributed by atoms with Crippen LogP contribution in [-0.2, 0) is 16.0 Å². The van der Waals surface area contributed by atoms with E-state index in [0.717, 1.165) is 5.69 Å². The molecule has 1 aromatic rings. The maximum Gasteiger partial charge on any atom is 0.339 e. The second kappa shape index (κ2) is 7.75. The summed E-state index contributed by atoms with van der Waals surface area (Å²) in [6, 6.07) is 3.26. The molecule has 1 atom stereocenters. The number of nitrogens with zero attached hydrogens (tertiary/aromatic N) is 1. The zero-order valence-corrected chi connectivity index (χ0v) is 10.5. The van der Waals surface area contributed by atoms with Crippen molar-refractivity contribution in [2.45, 2.75) is 12.6 Å². The van der Waals surface area contributed by atoms with Crippen LogP contribution in [0.15, 0.2) is 18.3 Å². The molecule has 0 aromatic carbocycles. The van der Waals surface area contributed by atoms with E-state index in [9.17, 15) is 4.79 Å². The normalized spacial score (nSPS) is 12.2. The van der Waals surface area contributed by atoms with Crippen LogP contribution in [0.25, 0.3) is 0 Å². The van der Waals surface area contributed by atoms with E-state index >= 15 is 0 Å². The van der Waals surface area contributed by atoms with E-state index in [2.05, 4.69) is 15.0 Å². The van der Waals surface area contributed by atoms with E-state index in [0.29, 0.717) is 18.7 Å². The summed E-state index contributed by atoms with van der Waals surface area (Å²) in [6.45, 7) is 0.918. The number of methoxy groups -OCH3 is 2. The summed E-state index contributed by atoms with van der Waals surface area (Å²) in [5.74, 6) is -0.408. The largest absolute Gasteiger partial charge is 0.465 e. The first-order valence-corrected chi connectivity index (χ1v) is 5.57. The molecule has 0 amide bonds. The fourth-order valence-corrected chi connectivity index (χ4v) is 1.39. The number of aliphatic hydroxyl groups is 1. The molecule has 0 aliphatic rings. The molecule has 1 unspecified atom stereocenters. The Labute approximate surface area is 106 Å². The molecule has 1 rings (SSSR count). The van der Waals surface area contributed by atoms with Gasteiger partial charge in [0, 0.05) is 19.9 Å². The van der Waals surface area contributed by atoms with E-state index in [-0.39, 0.29) is 12.6 Å². The highest BCUT2D eigenvalue weighted by atomic mass is 16.5. The molecule has 0 radical (unpaired) electrons. The average Bonchev–Trinajstić information content (AvgIpc) is 2.43. The zero-order chi connectivity index (χ0) is 13.4. The first-order chi connectivity index (χ1) is 8.71. The Balaban J connectivity index is 2.50. The maximum absolute atomic E-state index is 11.2. The Bertz CT molecular complexity index is 367. The summed E-state index contributed by atoms with van der Waals surface area (Å²) in [4.78, 5) is 15.3. The van der Waals surface area contributed by atoms with Crippen molar-refractivity contribution in [2.75, 3.05) is 27.4 Å². The first kappa shape index (κ1) is 14.6. The van der Waals surface area contributed by atoms with Crippen molar-refractivity contribution in [1.29, 1.82) is 0 Å². The highest BCUT2D eigenvalue weighted by Gasteiger charge is 2.08. The van der Waals surface area contributed by atoms with Crippen molar-refractivity contribution in [2.24, 2.45) is 0 Å². The van der Waals surface area contributed by atoms with Gasteiger partial charge >= 0.3 is 5.97 Å². The lowest BCUT2D eigenvalue weighted by Crippen LogP contribution is -2.36. The van der Waals surface area contributed by atoms with Crippen molar-refractivity contribution in [3.05, 3.63) is 29.6 Å². The molecule has 2 N–H and O–H groups in total. The number of esters is 1. The Kier molecular flexibility index (Phi) is 6.27. The van der Waals surface area contributed by atoms with Gasteiger partial charge in [0.15, 0.2) is 0 Å². The van der Waals surface area contributed by atoms with Crippen molar-refractivity contribution in [3.63, 3.8) is 0 Å². The first-order valence-electron chi connectivity index (χ1n) is 5.57. The molecular weight excluding hydrogens is 236 g/mol. The Morgan fingerprint density at radius 3 is 2.78 bits per heavy atom. The van der Waals surface area contributed by atoms with Gasteiger partial charge in [-0.15, -0.1) is 0 Å². The third kappa shape index (κ3) is 4.40. The number of pyridine rings is 1. The third-order valence-electron chi connectivity index (χ3n) is 2.41. The molecule has 0 bridgehead atoms. The number of ether oxygens (including phenoxy) is 2. The monoisotopic (exact) mass is 254 g/mol. The molecule has 0 aliphatic carbocycles. The molecule has 6 nitrogen and oxygen atoms in total. The molecule has 1 heterocycles. The van der Waals surface area contributed by atoms with Crippen LogP contribution in [0.4, 0.5) is 0 Å². The molecule has 0 fully saturated rings. The second-order valence-electron chi connectivity index (χ2n) is 3.75. The minimum Gasteiger partial charge on any atom is -0.465 e. The number of carbonyl (C=O) groups excluding carboxylic acids is 1. The van der Waals surface area contributed by atoms with Gasteiger partial charge in [0.05, 0.1) is 37.6 Å². The average molecular weight is 254 g/mol. The van der Waals surface area contributed by atoms with Crippen LogP contribution in [0, 0.1) is 0 Å². The lowest BCUT2D eigenvalue weighted by Gasteiger charge is -2.14. The van der Waals surface area contributed by atoms with Gasteiger partial charge < -0.3 is 19.9 Å². The van der Waals surface area contributed by atoms with Crippen molar-refractivity contribution >= 4 is 5.97 Å². The number of nitrogens with one attached hydrogen (secondary N) is 1. The van der Waals surface area contributed by atoms with Crippen molar-refractivity contribution < 1.29 is 19.4 Å². The zero-order valence-electron chi connectivity index (χ0n) is 10.5. The van der Waals surface area contributed by atoms with Crippen LogP contribution in [0.5, 0.6) is 0 Å². The van der Waals surface area contributed by atoms with Crippen molar-refractivity contribution in [1.82, 2.24) is 10.3 Å². The van der Waals surface area contributed by atoms with Crippen LogP contribution >= 0.6 is 0 Å². The number of aliphatic hydroxyl groups excluding tert-OH is 1. The van der Waals surface area contributed by atoms with Gasteiger partial charge in [0.25, 0.3) is 0 Å². The van der Waals surface area contributed by atoms with Gasteiger partial charge in [-0.2, -0.15) is 0 Å². The maximum atomic E-state index is 11.2. The summed E-state index contributed by atoms with van der Waals surface area (Å²) in [6.07, 6.45) is 1.47. The Morgan fingerprint density at radius 2 is 2.28 bits per heavy atom. The van der Waals surface area contributed by atoms with Crippen LogP contribution < -0.4 is 5.32 Å². The summed E-state index contributed by atoms with van der Waals surface area (Å²) in [5.41, 5.74) is 1.19. The number of hydrogen-bond donors (Lipinski definition) is 2. The topological polar surface area (TPSA) is 80.7 Å². The van der Waals surface area contributed by atoms with E-state index in [1.807, 2.05) is 0 Å². The van der Waals surface area contributed by atoms with Gasteiger partial charge in [-0.05, 0) is 12.1 Å². The predicted molar refractivity (Wildman–Crippen MR) is 65.2 cm³/mol. The van der Waals surface area contributed by atoms with Gasteiger partial charge in [-0.1, -0.05) is 0 Å². The molecule has 6 heteroatoms. The second-order valence-corrected chi connectivity index (χ2v) is 3.75. The molecule has 0 aliphatic heterocycles. The van der Waals surface area contributed by atoms with Gasteiger partial charge in [0.2, 0.25) is 0 Å². The summed E-state index contributed by atoms with van der Waals surface area (Å²) >= 11 is 0. The molecule has 0 saturated heterocycles. The standard InChI is InChI=1S/C12H18N2O4/c1-17-8-11(7-15)14-6-10-4-3-9(5-13-10)12(16)18-2/h3-5,11,14-15H,6-8H2,1-2H3. The van der Waals surface area contributed by atoms with E-state index < -0.39 is 5.97 Å². The van der Waals surface area contributed by atoms with Gasteiger partial charge in [-0.25, -0.2) is 4.79 Å². The van der Waals surface area contributed by atoms with Crippen LogP contribution in [-0.4, -0.2) is 49.5 Å². The summed E-state index contributed by atoms with van der Waals surface area (Å²) in [5, 5.41) is 12.2. The van der Waals surface area contributed by atoms with E-state index in [1.54, 1.807) is 19.2 Å². The summed E-state index contributed by atoms with van der Waals surface area (Å²) in [7, 11) is 2.90. The lowest BCUT2D eigenvalue weighted by atomic mass is 10.2. The van der Waals surface area contributed by atoms with Gasteiger partial charge in [-0.3, -0.25) is 4.98 Å². The molecular formula is C12H18N2O4. The molecule has 18 heavy (non-hydrogen) atoms. The van der Waals surface area contributed by atoms with Crippen LogP contribution in [0.1, 0.15) is 16.1 Å². The van der Waals surface area contributed by atoms with Crippen molar-refractivity contribution in [3.8, 4) is 0 Å². The fraction of sp³-hybridized carbons (Fsp3) is 0.500. The fourth-order valence-electron chi connectivity index (χ4n) is 1.39. The highest BCUT2D eigenvalue weighted by molar-refractivity contribution is 5.88. The van der Waals surface area contributed by atoms with E-state index in [4.69, 9.17) is 9.84 Å². The quantitative estimate of drug-likeness (QED) is 0.665. The highest BCUT2D eigenvalue weighted by Crippen LogP contribution is 2.02. The number of carbonyl (C=O) groups is 1. The molecule has 100 valence electrons. The van der Waals surface area contributed by atoms with Gasteiger partial charge in [0.1, 0.15) is 0 Å². The van der Waals surface area contributed by atoms with E-state index in [1.165, 1.54) is 13.3 Å². The minimum atomic E-state index is -0.408. The molecule has 0 spiro atoms. The molecule has 1 aromatic heterocycles. The lowest BCUT2D eigenvalue weighted by molar-refractivity contribution is 0.0600. The van der Waals surface area contributed by atoms with Crippen LogP contribution in [0.3, 0.4) is 0 Å².